The average Bonchev–Trinajstić information content (AvgIpc) is 2.16. The lowest BCUT2D eigenvalue weighted by atomic mass is 9.92. The number of halogens is 1. The maximum Gasteiger partial charge on any atom is 0.303 e. The van der Waals surface area contributed by atoms with Gasteiger partial charge < -0.3 is 10.8 Å². The Morgan fingerprint density at radius 1 is 1.25 bits per heavy atom. The van der Waals surface area contributed by atoms with E-state index in [9.17, 15) is 9.59 Å². The van der Waals surface area contributed by atoms with Crippen LogP contribution in [0.2, 0.25) is 5.02 Å². The molecular formula is C11H12ClNO3. The minimum atomic E-state index is -0.957. The van der Waals surface area contributed by atoms with E-state index >= 15 is 0 Å². The van der Waals surface area contributed by atoms with E-state index < -0.39 is 17.8 Å². The quantitative estimate of drug-likeness (QED) is 0.825. The molecule has 0 saturated carbocycles. The van der Waals surface area contributed by atoms with Crippen LogP contribution in [-0.4, -0.2) is 17.0 Å². The Bertz CT molecular complexity index is 373. The summed E-state index contributed by atoms with van der Waals surface area (Å²) < 4.78 is 0. The van der Waals surface area contributed by atoms with E-state index in [0.29, 0.717) is 5.02 Å². The molecule has 1 rings (SSSR count). The Hall–Kier alpha value is -1.55. The zero-order valence-electron chi connectivity index (χ0n) is 8.52. The molecule has 86 valence electrons. The molecule has 16 heavy (non-hydrogen) atoms. The topological polar surface area (TPSA) is 80.4 Å². The molecule has 0 aliphatic heterocycles. The predicted molar refractivity (Wildman–Crippen MR) is 60.3 cm³/mol. The summed E-state index contributed by atoms with van der Waals surface area (Å²) in [7, 11) is 0. The molecular weight excluding hydrogens is 230 g/mol. The van der Waals surface area contributed by atoms with E-state index in [1.165, 1.54) is 0 Å². The molecule has 1 aromatic rings. The Morgan fingerprint density at radius 2 is 1.81 bits per heavy atom. The molecule has 0 bridgehead atoms. The normalized spacial score (nSPS) is 12.1. The van der Waals surface area contributed by atoms with Crippen LogP contribution in [-0.2, 0) is 9.59 Å². The number of hydrogen-bond acceptors (Lipinski definition) is 2. The van der Waals surface area contributed by atoms with E-state index in [2.05, 4.69) is 0 Å². The average molecular weight is 242 g/mol. The molecule has 4 nitrogen and oxygen atoms in total. The fourth-order valence-corrected chi connectivity index (χ4v) is 1.62. The highest BCUT2D eigenvalue weighted by Gasteiger charge is 2.17. The standard InChI is InChI=1S/C11H12ClNO3/c12-9-3-1-7(2-4-9)8(5-10(13)14)6-11(15)16/h1-4,8H,5-6H2,(H2,13,14)(H,15,16)/t8-/m0/s1. The molecule has 0 spiro atoms. The second-order valence-electron chi connectivity index (χ2n) is 3.52. The highest BCUT2D eigenvalue weighted by molar-refractivity contribution is 6.30. The van der Waals surface area contributed by atoms with Gasteiger partial charge in [0.2, 0.25) is 5.91 Å². The lowest BCUT2D eigenvalue weighted by Gasteiger charge is -2.13. The Balaban J connectivity index is 2.86. The van der Waals surface area contributed by atoms with E-state index in [1.54, 1.807) is 24.3 Å². The molecule has 0 aliphatic carbocycles. The van der Waals surface area contributed by atoms with Gasteiger partial charge in [-0.25, -0.2) is 0 Å². The van der Waals surface area contributed by atoms with Crippen LogP contribution in [0.5, 0.6) is 0 Å². The minimum absolute atomic E-state index is 0.0218. The maximum atomic E-state index is 10.8. The van der Waals surface area contributed by atoms with Crippen molar-refractivity contribution in [3.63, 3.8) is 0 Å². The predicted octanol–water partition coefficient (Wildman–Crippen LogP) is 1.77. The molecule has 0 saturated heterocycles. The zero-order valence-corrected chi connectivity index (χ0v) is 9.28. The molecule has 5 heteroatoms. The van der Waals surface area contributed by atoms with Gasteiger partial charge in [-0.05, 0) is 17.7 Å². The number of primary amides is 1. The number of hydrogen-bond donors (Lipinski definition) is 2. The first-order valence-corrected chi connectivity index (χ1v) is 5.12. The fraction of sp³-hybridized carbons (Fsp3) is 0.273. The van der Waals surface area contributed by atoms with Crippen molar-refractivity contribution >= 4 is 23.5 Å². The van der Waals surface area contributed by atoms with Crippen molar-refractivity contribution in [1.82, 2.24) is 0 Å². The third-order valence-electron chi connectivity index (χ3n) is 2.21. The van der Waals surface area contributed by atoms with Crippen molar-refractivity contribution < 1.29 is 14.7 Å². The van der Waals surface area contributed by atoms with Crippen LogP contribution in [0.3, 0.4) is 0 Å². The van der Waals surface area contributed by atoms with E-state index in [1.807, 2.05) is 0 Å². The van der Waals surface area contributed by atoms with Gasteiger partial charge in [0.1, 0.15) is 0 Å². The van der Waals surface area contributed by atoms with Gasteiger partial charge >= 0.3 is 5.97 Å². The molecule has 0 unspecified atom stereocenters. The summed E-state index contributed by atoms with van der Waals surface area (Å²) in [6.45, 7) is 0. The van der Waals surface area contributed by atoms with Gasteiger partial charge in [-0.1, -0.05) is 23.7 Å². The number of carbonyl (C=O) groups excluding carboxylic acids is 1. The molecule has 0 heterocycles. The molecule has 0 aromatic heterocycles. The fourth-order valence-electron chi connectivity index (χ4n) is 1.50. The van der Waals surface area contributed by atoms with Crippen molar-refractivity contribution in [2.45, 2.75) is 18.8 Å². The van der Waals surface area contributed by atoms with Gasteiger partial charge in [0.15, 0.2) is 0 Å². The number of carboxylic acids is 1. The van der Waals surface area contributed by atoms with E-state index in [-0.39, 0.29) is 12.8 Å². The number of amides is 1. The minimum Gasteiger partial charge on any atom is -0.481 e. The highest BCUT2D eigenvalue weighted by atomic mass is 35.5. The third-order valence-corrected chi connectivity index (χ3v) is 2.46. The number of carboxylic acid groups (broad SMARTS) is 1. The summed E-state index contributed by atoms with van der Waals surface area (Å²) >= 11 is 5.72. The lowest BCUT2D eigenvalue weighted by molar-refractivity contribution is -0.137. The van der Waals surface area contributed by atoms with Crippen LogP contribution in [0, 0.1) is 0 Å². The summed E-state index contributed by atoms with van der Waals surface area (Å²) in [6, 6.07) is 6.73. The first-order valence-electron chi connectivity index (χ1n) is 4.74. The van der Waals surface area contributed by atoms with Gasteiger partial charge in [-0.15, -0.1) is 0 Å². The molecule has 1 aromatic carbocycles. The molecule has 1 amide bonds. The van der Waals surface area contributed by atoms with E-state index in [0.717, 1.165) is 5.56 Å². The van der Waals surface area contributed by atoms with Crippen LogP contribution < -0.4 is 5.73 Å². The highest BCUT2D eigenvalue weighted by Crippen LogP contribution is 2.24. The van der Waals surface area contributed by atoms with Crippen LogP contribution in [0.4, 0.5) is 0 Å². The van der Waals surface area contributed by atoms with Crippen LogP contribution in [0.15, 0.2) is 24.3 Å². The Labute approximate surface area is 98.0 Å². The van der Waals surface area contributed by atoms with Crippen molar-refractivity contribution in [1.29, 1.82) is 0 Å². The molecule has 1 atom stereocenters. The third kappa shape index (κ3) is 3.90. The van der Waals surface area contributed by atoms with Gasteiger partial charge in [-0.2, -0.15) is 0 Å². The van der Waals surface area contributed by atoms with Crippen LogP contribution in [0.25, 0.3) is 0 Å². The monoisotopic (exact) mass is 241 g/mol. The van der Waals surface area contributed by atoms with E-state index in [4.69, 9.17) is 22.4 Å². The number of aliphatic carboxylic acids is 1. The molecule has 0 radical (unpaired) electrons. The largest absolute Gasteiger partial charge is 0.481 e. The number of carbonyl (C=O) groups is 2. The van der Waals surface area contributed by atoms with Gasteiger partial charge in [0.05, 0.1) is 6.42 Å². The summed E-state index contributed by atoms with van der Waals surface area (Å²) in [6.07, 6.45) is -0.0987. The molecule has 0 fully saturated rings. The van der Waals surface area contributed by atoms with Crippen molar-refractivity contribution in [2.75, 3.05) is 0 Å². The van der Waals surface area contributed by atoms with Crippen LogP contribution in [0.1, 0.15) is 24.3 Å². The smallest absolute Gasteiger partial charge is 0.303 e. The van der Waals surface area contributed by atoms with Gasteiger partial charge in [-0.3, -0.25) is 9.59 Å². The summed E-state index contributed by atoms with van der Waals surface area (Å²) in [5.41, 5.74) is 5.83. The number of benzene rings is 1. The first-order chi connectivity index (χ1) is 7.49. The van der Waals surface area contributed by atoms with Crippen molar-refractivity contribution in [3.8, 4) is 0 Å². The van der Waals surface area contributed by atoms with Crippen molar-refractivity contribution in [2.24, 2.45) is 5.73 Å². The maximum absolute atomic E-state index is 10.8. The SMILES string of the molecule is NC(=O)C[C@@H](CC(=O)O)c1ccc(Cl)cc1. The Kier molecular flexibility index (Phi) is 4.31. The number of nitrogens with two attached hydrogens (primary N) is 1. The first kappa shape index (κ1) is 12.5. The van der Waals surface area contributed by atoms with Gasteiger partial charge in [0, 0.05) is 17.4 Å². The summed E-state index contributed by atoms with van der Waals surface area (Å²) in [5, 5.41) is 9.30. The van der Waals surface area contributed by atoms with Gasteiger partial charge in [0.25, 0.3) is 0 Å². The summed E-state index contributed by atoms with van der Waals surface area (Å²) in [5.74, 6) is -1.87. The zero-order chi connectivity index (χ0) is 12.1. The van der Waals surface area contributed by atoms with Crippen molar-refractivity contribution in [3.05, 3.63) is 34.9 Å². The Morgan fingerprint density at radius 3 is 2.25 bits per heavy atom. The lowest BCUT2D eigenvalue weighted by Crippen LogP contribution is -2.17. The second-order valence-corrected chi connectivity index (χ2v) is 3.95. The second kappa shape index (κ2) is 5.51. The molecule has 0 aliphatic rings. The molecule has 3 N–H and O–H groups in total. The summed E-state index contributed by atoms with van der Waals surface area (Å²) in [4.78, 5) is 21.5. The van der Waals surface area contributed by atoms with Crippen LogP contribution >= 0.6 is 11.6 Å². The number of rotatable bonds is 5.